The molecule has 118 valence electrons. The number of aryl methyl sites for hydroxylation is 1. The van der Waals surface area contributed by atoms with Crippen LogP contribution in [0.3, 0.4) is 0 Å². The SMILES string of the molecule is CCc1ccc(-c2c(CN(C)C)sc(N)c2C(=O)OC)cc1. The lowest BCUT2D eigenvalue weighted by molar-refractivity contribution is 0.0603. The first-order valence-corrected chi connectivity index (χ1v) is 8.03. The number of hydrogen-bond donors (Lipinski definition) is 1. The number of hydrogen-bond acceptors (Lipinski definition) is 5. The van der Waals surface area contributed by atoms with E-state index in [1.807, 2.05) is 26.2 Å². The maximum absolute atomic E-state index is 12.1. The zero-order chi connectivity index (χ0) is 16.3. The van der Waals surface area contributed by atoms with Crippen LogP contribution in [0.1, 0.15) is 27.7 Å². The molecule has 1 aromatic carbocycles. The zero-order valence-corrected chi connectivity index (χ0v) is 14.3. The molecule has 0 amide bonds. The van der Waals surface area contributed by atoms with Crippen molar-refractivity contribution in [2.75, 3.05) is 26.9 Å². The largest absolute Gasteiger partial charge is 0.465 e. The number of benzene rings is 1. The van der Waals surface area contributed by atoms with Gasteiger partial charge in [-0.05, 0) is 31.6 Å². The van der Waals surface area contributed by atoms with Crippen LogP contribution in [-0.2, 0) is 17.7 Å². The van der Waals surface area contributed by atoms with E-state index in [0.717, 1.165) is 29.0 Å². The molecule has 0 aliphatic rings. The number of anilines is 1. The first kappa shape index (κ1) is 16.5. The minimum absolute atomic E-state index is 0.381. The zero-order valence-electron chi connectivity index (χ0n) is 13.5. The Kier molecular flexibility index (Phi) is 5.21. The van der Waals surface area contributed by atoms with Gasteiger partial charge in [-0.3, -0.25) is 0 Å². The number of methoxy groups -OCH3 is 1. The lowest BCUT2D eigenvalue weighted by Crippen LogP contribution is -2.11. The molecule has 2 rings (SSSR count). The van der Waals surface area contributed by atoms with Crippen LogP contribution in [0.25, 0.3) is 11.1 Å². The number of thiophene rings is 1. The molecule has 0 fully saturated rings. The third-order valence-corrected chi connectivity index (χ3v) is 4.51. The molecule has 0 aliphatic carbocycles. The molecule has 0 aliphatic heterocycles. The molecule has 4 nitrogen and oxygen atoms in total. The van der Waals surface area contributed by atoms with Crippen LogP contribution >= 0.6 is 11.3 Å². The number of esters is 1. The van der Waals surface area contributed by atoms with E-state index in [0.29, 0.717) is 10.6 Å². The topological polar surface area (TPSA) is 55.6 Å². The molecule has 1 heterocycles. The van der Waals surface area contributed by atoms with Crippen LogP contribution < -0.4 is 5.73 Å². The quantitative estimate of drug-likeness (QED) is 0.858. The average Bonchev–Trinajstić information content (AvgIpc) is 2.82. The molecule has 0 saturated carbocycles. The predicted octanol–water partition coefficient (Wildman–Crippen LogP) is 3.41. The van der Waals surface area contributed by atoms with Crippen LogP contribution in [0.4, 0.5) is 5.00 Å². The Balaban J connectivity index is 2.60. The smallest absolute Gasteiger partial charge is 0.341 e. The van der Waals surface area contributed by atoms with E-state index in [9.17, 15) is 4.79 Å². The molecule has 0 bridgehead atoms. The first-order valence-electron chi connectivity index (χ1n) is 7.21. The molecule has 2 N–H and O–H groups in total. The Labute approximate surface area is 135 Å². The van der Waals surface area contributed by atoms with Gasteiger partial charge in [0.05, 0.1) is 7.11 Å². The number of nitrogen functional groups attached to an aromatic ring is 1. The van der Waals surface area contributed by atoms with Gasteiger partial charge in [-0.1, -0.05) is 31.2 Å². The van der Waals surface area contributed by atoms with Gasteiger partial charge >= 0.3 is 5.97 Å². The highest BCUT2D eigenvalue weighted by molar-refractivity contribution is 7.17. The van der Waals surface area contributed by atoms with Gasteiger partial charge in [0.2, 0.25) is 0 Å². The fourth-order valence-corrected chi connectivity index (χ4v) is 3.61. The molecule has 0 atom stereocenters. The maximum atomic E-state index is 12.1. The fourth-order valence-electron chi connectivity index (χ4n) is 2.41. The third kappa shape index (κ3) is 3.31. The van der Waals surface area contributed by atoms with E-state index < -0.39 is 0 Å². The summed E-state index contributed by atoms with van der Waals surface area (Å²) < 4.78 is 4.92. The third-order valence-electron chi connectivity index (χ3n) is 3.51. The van der Waals surface area contributed by atoms with E-state index in [2.05, 4.69) is 24.0 Å². The Bertz CT molecular complexity index is 660. The molecule has 22 heavy (non-hydrogen) atoms. The molecular weight excluding hydrogens is 296 g/mol. The van der Waals surface area contributed by atoms with Crippen molar-refractivity contribution in [1.82, 2.24) is 4.90 Å². The standard InChI is InChI=1S/C17H22N2O2S/c1-5-11-6-8-12(9-7-11)14-13(10-19(2)3)22-16(18)15(14)17(20)21-4/h6-9H,5,10,18H2,1-4H3. The van der Waals surface area contributed by atoms with Gasteiger partial charge in [0, 0.05) is 17.0 Å². The van der Waals surface area contributed by atoms with Crippen molar-refractivity contribution in [1.29, 1.82) is 0 Å². The summed E-state index contributed by atoms with van der Waals surface area (Å²) in [7, 11) is 5.38. The fraction of sp³-hybridized carbons (Fsp3) is 0.353. The Morgan fingerprint density at radius 1 is 1.27 bits per heavy atom. The van der Waals surface area contributed by atoms with Crippen molar-refractivity contribution in [2.45, 2.75) is 19.9 Å². The van der Waals surface area contributed by atoms with Gasteiger partial charge in [-0.2, -0.15) is 0 Å². The van der Waals surface area contributed by atoms with Crippen molar-refractivity contribution in [3.05, 3.63) is 40.3 Å². The summed E-state index contributed by atoms with van der Waals surface area (Å²) in [5.74, 6) is -0.381. The van der Waals surface area contributed by atoms with Crippen LogP contribution in [-0.4, -0.2) is 32.1 Å². The second kappa shape index (κ2) is 6.94. The number of nitrogens with zero attached hydrogens (tertiary/aromatic N) is 1. The summed E-state index contributed by atoms with van der Waals surface area (Å²) in [4.78, 5) is 15.3. The summed E-state index contributed by atoms with van der Waals surface area (Å²) in [5, 5.41) is 0.512. The van der Waals surface area contributed by atoms with Gasteiger partial charge in [-0.25, -0.2) is 4.79 Å². The second-order valence-electron chi connectivity index (χ2n) is 5.42. The summed E-state index contributed by atoms with van der Waals surface area (Å²) in [5.41, 5.74) is 9.73. The number of carbonyl (C=O) groups is 1. The van der Waals surface area contributed by atoms with Gasteiger partial charge in [0.1, 0.15) is 10.6 Å². The molecule has 0 saturated heterocycles. The van der Waals surface area contributed by atoms with Crippen molar-refractivity contribution in [3.63, 3.8) is 0 Å². The van der Waals surface area contributed by atoms with Crippen LogP contribution in [0.5, 0.6) is 0 Å². The van der Waals surface area contributed by atoms with Gasteiger partial charge in [-0.15, -0.1) is 11.3 Å². The van der Waals surface area contributed by atoms with Gasteiger partial charge in [0.25, 0.3) is 0 Å². The molecule has 1 aromatic heterocycles. The average molecular weight is 318 g/mol. The summed E-state index contributed by atoms with van der Waals surface area (Å²) >= 11 is 1.45. The van der Waals surface area contributed by atoms with Crippen molar-refractivity contribution in [3.8, 4) is 11.1 Å². The number of nitrogens with two attached hydrogens (primary N) is 1. The maximum Gasteiger partial charge on any atom is 0.341 e. The van der Waals surface area contributed by atoms with Gasteiger partial charge < -0.3 is 15.4 Å². The van der Waals surface area contributed by atoms with Crippen LogP contribution in [0, 0.1) is 0 Å². The highest BCUT2D eigenvalue weighted by Gasteiger charge is 2.24. The molecule has 2 aromatic rings. The Hall–Kier alpha value is -1.85. The van der Waals surface area contributed by atoms with Crippen molar-refractivity contribution < 1.29 is 9.53 Å². The van der Waals surface area contributed by atoms with E-state index in [4.69, 9.17) is 10.5 Å². The molecule has 0 unspecified atom stereocenters. The monoisotopic (exact) mass is 318 g/mol. The normalized spacial score (nSPS) is 11.0. The van der Waals surface area contributed by atoms with Crippen molar-refractivity contribution >= 4 is 22.3 Å². The van der Waals surface area contributed by atoms with Crippen LogP contribution in [0.15, 0.2) is 24.3 Å². The second-order valence-corrected chi connectivity index (χ2v) is 6.56. The van der Waals surface area contributed by atoms with E-state index in [1.165, 1.54) is 24.0 Å². The minimum atomic E-state index is -0.381. The summed E-state index contributed by atoms with van der Waals surface area (Å²) in [6.07, 6.45) is 0.987. The Morgan fingerprint density at radius 3 is 2.41 bits per heavy atom. The number of rotatable bonds is 5. The van der Waals surface area contributed by atoms with E-state index >= 15 is 0 Å². The lowest BCUT2D eigenvalue weighted by Gasteiger charge is -2.12. The minimum Gasteiger partial charge on any atom is -0.465 e. The van der Waals surface area contributed by atoms with Crippen LogP contribution in [0.2, 0.25) is 0 Å². The molecule has 0 spiro atoms. The molecule has 0 radical (unpaired) electrons. The highest BCUT2D eigenvalue weighted by Crippen LogP contribution is 2.39. The first-order chi connectivity index (χ1) is 10.5. The van der Waals surface area contributed by atoms with E-state index in [-0.39, 0.29) is 5.97 Å². The highest BCUT2D eigenvalue weighted by atomic mass is 32.1. The lowest BCUT2D eigenvalue weighted by atomic mass is 9.99. The Morgan fingerprint density at radius 2 is 1.91 bits per heavy atom. The van der Waals surface area contributed by atoms with Crippen molar-refractivity contribution in [2.24, 2.45) is 0 Å². The summed E-state index contributed by atoms with van der Waals surface area (Å²) in [6, 6.07) is 8.27. The van der Waals surface area contributed by atoms with E-state index in [1.54, 1.807) is 0 Å². The predicted molar refractivity (Wildman–Crippen MR) is 92.3 cm³/mol. The number of ether oxygens (including phenoxy) is 1. The number of carbonyl (C=O) groups excluding carboxylic acids is 1. The van der Waals surface area contributed by atoms with Gasteiger partial charge in [0.15, 0.2) is 0 Å². The molecule has 5 heteroatoms. The molecular formula is C17H22N2O2S. The summed E-state index contributed by atoms with van der Waals surface area (Å²) in [6.45, 7) is 2.85.